The maximum Gasteiger partial charge on any atom is 0.265 e. The van der Waals surface area contributed by atoms with Crippen molar-refractivity contribution in [2.24, 2.45) is 0 Å². The predicted molar refractivity (Wildman–Crippen MR) is 120 cm³/mol. The number of nitrogens with one attached hydrogen (secondary N) is 1. The van der Waals surface area contributed by atoms with E-state index in [0.29, 0.717) is 30.3 Å². The molecule has 8 heteroatoms. The summed E-state index contributed by atoms with van der Waals surface area (Å²) in [5.74, 6) is 0.643. The van der Waals surface area contributed by atoms with Crippen molar-refractivity contribution in [3.05, 3.63) is 48.0 Å². The van der Waals surface area contributed by atoms with E-state index >= 15 is 0 Å². The molecule has 0 saturated carbocycles. The molecule has 2 aromatic carbocycles. The van der Waals surface area contributed by atoms with E-state index in [-0.39, 0.29) is 4.90 Å². The largest absolute Gasteiger partial charge is 0.495 e. The number of anilines is 1. The molecule has 31 heavy (non-hydrogen) atoms. The Hall–Kier alpha value is -2.58. The second kappa shape index (κ2) is 10.2. The van der Waals surface area contributed by atoms with Gasteiger partial charge in [0.05, 0.1) is 17.7 Å². The molecule has 1 heterocycles. The zero-order valence-electron chi connectivity index (χ0n) is 18.3. The van der Waals surface area contributed by atoms with Crippen LogP contribution in [0.2, 0.25) is 0 Å². The minimum Gasteiger partial charge on any atom is -0.495 e. The van der Waals surface area contributed by atoms with Crippen LogP contribution in [-0.2, 0) is 21.2 Å². The molecule has 0 bridgehead atoms. The summed E-state index contributed by atoms with van der Waals surface area (Å²) in [4.78, 5) is 12.9. The van der Waals surface area contributed by atoms with Crippen LogP contribution < -0.4 is 14.8 Å². The number of hydrogen-bond acceptors (Lipinski definition) is 5. The van der Waals surface area contributed by atoms with Crippen molar-refractivity contribution >= 4 is 21.6 Å². The fourth-order valence-electron chi connectivity index (χ4n) is 3.59. The zero-order valence-corrected chi connectivity index (χ0v) is 19.1. The lowest BCUT2D eigenvalue weighted by atomic mass is 10.1. The Balaban J connectivity index is 1.79. The van der Waals surface area contributed by atoms with Gasteiger partial charge in [-0.15, -0.1) is 0 Å². The number of methoxy groups -OCH3 is 1. The molecular weight excluding hydrogens is 416 g/mol. The highest BCUT2D eigenvalue weighted by molar-refractivity contribution is 7.89. The Kier molecular flexibility index (Phi) is 7.56. The van der Waals surface area contributed by atoms with Gasteiger partial charge in [0.1, 0.15) is 11.5 Å². The van der Waals surface area contributed by atoms with E-state index in [1.54, 1.807) is 13.0 Å². The van der Waals surface area contributed by atoms with E-state index in [0.717, 1.165) is 31.2 Å². The number of nitrogens with zero attached hydrogens (tertiary/aromatic N) is 1. The van der Waals surface area contributed by atoms with Gasteiger partial charge in [-0.3, -0.25) is 4.79 Å². The van der Waals surface area contributed by atoms with Gasteiger partial charge in [-0.2, -0.15) is 4.31 Å². The Bertz CT molecular complexity index is 1020. The maximum atomic E-state index is 13.0. The quantitative estimate of drug-likeness (QED) is 0.666. The van der Waals surface area contributed by atoms with Gasteiger partial charge in [-0.1, -0.05) is 31.5 Å². The molecule has 7 nitrogen and oxygen atoms in total. The van der Waals surface area contributed by atoms with Gasteiger partial charge in [-0.05, 0) is 56.0 Å². The average molecular weight is 447 g/mol. The molecule has 168 valence electrons. The highest BCUT2D eigenvalue weighted by atomic mass is 32.2. The van der Waals surface area contributed by atoms with Crippen molar-refractivity contribution in [2.45, 2.75) is 50.5 Å². The van der Waals surface area contributed by atoms with E-state index in [9.17, 15) is 13.2 Å². The fraction of sp³-hybridized carbons (Fsp3) is 0.435. The van der Waals surface area contributed by atoms with E-state index in [1.807, 2.05) is 31.2 Å². The molecule has 1 amide bonds. The summed E-state index contributed by atoms with van der Waals surface area (Å²) in [6.07, 6.45) is 2.75. The maximum absolute atomic E-state index is 13.0. The lowest BCUT2D eigenvalue weighted by Crippen LogP contribution is -2.35. The summed E-state index contributed by atoms with van der Waals surface area (Å²) in [5, 5.41) is 2.76. The van der Waals surface area contributed by atoms with Crippen LogP contribution in [0.25, 0.3) is 0 Å². The second-order valence-corrected chi connectivity index (χ2v) is 9.48. The number of benzene rings is 2. The normalized spacial score (nSPS) is 15.8. The molecular formula is C23H30N2O5S. The van der Waals surface area contributed by atoms with Crippen molar-refractivity contribution in [3.8, 4) is 11.5 Å². The monoisotopic (exact) mass is 446 g/mol. The lowest BCUT2D eigenvalue weighted by Gasteiger charge is -2.26. The Labute approximate surface area is 184 Å². The van der Waals surface area contributed by atoms with Gasteiger partial charge >= 0.3 is 0 Å². The number of para-hydroxylation sites is 1. The first-order chi connectivity index (χ1) is 14.9. The Morgan fingerprint density at radius 3 is 2.48 bits per heavy atom. The fourth-order valence-corrected chi connectivity index (χ4v) is 5.13. The number of rotatable bonds is 8. The average Bonchev–Trinajstić information content (AvgIpc) is 2.79. The molecule has 0 spiro atoms. The van der Waals surface area contributed by atoms with Crippen LogP contribution in [-0.4, -0.2) is 44.9 Å². The summed E-state index contributed by atoms with van der Waals surface area (Å²) in [6.45, 7) is 4.70. The van der Waals surface area contributed by atoms with Crippen molar-refractivity contribution < 1.29 is 22.7 Å². The Morgan fingerprint density at radius 2 is 1.81 bits per heavy atom. The molecule has 1 aliphatic rings. The molecule has 1 aliphatic heterocycles. The van der Waals surface area contributed by atoms with Gasteiger partial charge in [0.2, 0.25) is 10.0 Å². The molecule has 1 atom stereocenters. The summed E-state index contributed by atoms with van der Waals surface area (Å²) < 4.78 is 38.7. The van der Waals surface area contributed by atoms with Crippen molar-refractivity contribution in [3.63, 3.8) is 0 Å². The van der Waals surface area contributed by atoms with Crippen LogP contribution in [0.1, 0.15) is 38.7 Å². The van der Waals surface area contributed by atoms with E-state index in [1.165, 1.54) is 23.5 Å². The summed E-state index contributed by atoms with van der Waals surface area (Å²) in [7, 11) is -2.15. The predicted octanol–water partition coefficient (Wildman–Crippen LogP) is 3.84. The molecule has 3 rings (SSSR count). The van der Waals surface area contributed by atoms with Crippen LogP contribution in [0.15, 0.2) is 47.4 Å². The van der Waals surface area contributed by atoms with Gasteiger partial charge in [0.25, 0.3) is 5.91 Å². The van der Waals surface area contributed by atoms with Gasteiger partial charge in [-0.25, -0.2) is 8.42 Å². The van der Waals surface area contributed by atoms with Gasteiger partial charge in [0.15, 0.2) is 6.10 Å². The number of carbonyl (C=O) groups is 1. The van der Waals surface area contributed by atoms with Crippen molar-refractivity contribution in [1.82, 2.24) is 4.31 Å². The summed E-state index contributed by atoms with van der Waals surface area (Å²) in [6, 6.07) is 12.1. The third-order valence-electron chi connectivity index (χ3n) is 5.41. The molecule has 1 fully saturated rings. The number of carbonyl (C=O) groups excluding carboxylic acids is 1. The first-order valence-electron chi connectivity index (χ1n) is 10.6. The number of hydrogen-bond donors (Lipinski definition) is 1. The molecule has 1 saturated heterocycles. The van der Waals surface area contributed by atoms with Gasteiger partial charge in [0, 0.05) is 13.1 Å². The minimum atomic E-state index is -3.63. The van der Waals surface area contributed by atoms with Crippen LogP contribution in [0, 0.1) is 0 Å². The first kappa shape index (κ1) is 23.1. The molecule has 1 unspecified atom stereocenters. The zero-order chi connectivity index (χ0) is 22.4. The standard InChI is InChI=1S/C23H30N2O5S/c1-4-18-10-6-7-11-21(18)30-17(2)23(26)24-20-16-19(12-13-22(20)29-3)31(27,28)25-14-8-5-9-15-25/h6-7,10-13,16-17H,4-5,8-9,14-15H2,1-3H3,(H,24,26). The number of ether oxygens (including phenoxy) is 2. The molecule has 0 radical (unpaired) electrons. The molecule has 2 aromatic rings. The number of aryl methyl sites for hydroxylation is 1. The van der Waals surface area contributed by atoms with Crippen molar-refractivity contribution in [1.29, 1.82) is 0 Å². The van der Waals surface area contributed by atoms with E-state index < -0.39 is 22.0 Å². The third-order valence-corrected chi connectivity index (χ3v) is 7.30. The SMILES string of the molecule is CCc1ccccc1OC(C)C(=O)Nc1cc(S(=O)(=O)N2CCCCC2)ccc1OC. The third kappa shape index (κ3) is 5.37. The summed E-state index contributed by atoms with van der Waals surface area (Å²) >= 11 is 0. The number of piperidine rings is 1. The van der Waals surface area contributed by atoms with E-state index in [4.69, 9.17) is 9.47 Å². The first-order valence-corrected chi connectivity index (χ1v) is 12.0. The topological polar surface area (TPSA) is 84.9 Å². The smallest absolute Gasteiger partial charge is 0.265 e. The minimum absolute atomic E-state index is 0.135. The van der Waals surface area contributed by atoms with Crippen LogP contribution in [0.5, 0.6) is 11.5 Å². The Morgan fingerprint density at radius 1 is 1.10 bits per heavy atom. The number of amides is 1. The lowest BCUT2D eigenvalue weighted by molar-refractivity contribution is -0.122. The van der Waals surface area contributed by atoms with Crippen LogP contribution in [0.3, 0.4) is 0 Å². The van der Waals surface area contributed by atoms with Crippen molar-refractivity contribution in [2.75, 3.05) is 25.5 Å². The second-order valence-electron chi connectivity index (χ2n) is 7.54. The molecule has 0 aliphatic carbocycles. The summed E-state index contributed by atoms with van der Waals surface area (Å²) in [5.41, 5.74) is 1.30. The highest BCUT2D eigenvalue weighted by Gasteiger charge is 2.27. The van der Waals surface area contributed by atoms with Crippen LogP contribution >= 0.6 is 0 Å². The molecule has 0 aromatic heterocycles. The number of sulfonamides is 1. The molecule has 1 N–H and O–H groups in total. The highest BCUT2D eigenvalue weighted by Crippen LogP contribution is 2.30. The van der Waals surface area contributed by atoms with E-state index in [2.05, 4.69) is 5.32 Å². The van der Waals surface area contributed by atoms with Gasteiger partial charge < -0.3 is 14.8 Å². The van der Waals surface area contributed by atoms with Crippen LogP contribution in [0.4, 0.5) is 5.69 Å².